The Balaban J connectivity index is 2.63. The topological polar surface area (TPSA) is 62.3 Å². The van der Waals surface area contributed by atoms with Gasteiger partial charge in [0.2, 0.25) is 0 Å². The van der Waals surface area contributed by atoms with Crippen LogP contribution in [-0.2, 0) is 4.74 Å². The van der Waals surface area contributed by atoms with Crippen molar-refractivity contribution in [3.05, 3.63) is 0 Å². The van der Waals surface area contributed by atoms with Gasteiger partial charge in [-0.15, -0.1) is 0 Å². The van der Waals surface area contributed by atoms with Gasteiger partial charge in [0.05, 0.1) is 6.10 Å². The minimum absolute atomic E-state index is 0.0559. The largest absolute Gasteiger partial charge is 0.399 e. The second kappa shape index (κ2) is 5.88. The molecule has 3 unspecified atom stereocenters. The average Bonchev–Trinajstić information content (AvgIpc) is 2.25. The van der Waals surface area contributed by atoms with Crippen molar-refractivity contribution < 1.29 is 17.9 Å². The van der Waals surface area contributed by atoms with E-state index in [1.165, 1.54) is 0 Å². The predicted octanol–water partition coefficient (Wildman–Crippen LogP) is 1.46. The molecule has 4 nitrogen and oxygen atoms in total. The molecule has 1 aliphatic heterocycles. The van der Waals surface area contributed by atoms with Gasteiger partial charge in [-0.2, -0.15) is 13.2 Å². The Morgan fingerprint density at radius 3 is 2.61 bits per heavy atom. The van der Waals surface area contributed by atoms with Crippen molar-refractivity contribution in [3.63, 3.8) is 0 Å². The molecule has 7 heteroatoms. The first-order valence-electron chi connectivity index (χ1n) is 5.91. The Morgan fingerprint density at radius 1 is 1.56 bits per heavy atom. The molecule has 0 aromatic rings. The smallest absolute Gasteiger partial charge is 0.387 e. The van der Waals surface area contributed by atoms with Crippen LogP contribution >= 0.6 is 0 Å². The van der Waals surface area contributed by atoms with Crippen molar-refractivity contribution in [1.29, 1.82) is 5.41 Å². The van der Waals surface area contributed by atoms with Crippen molar-refractivity contribution in [2.24, 2.45) is 17.6 Å². The summed E-state index contributed by atoms with van der Waals surface area (Å²) in [4.78, 5) is 1.67. The number of ether oxygens (including phenoxy) is 1. The molecule has 0 saturated carbocycles. The van der Waals surface area contributed by atoms with Crippen LogP contribution in [0.2, 0.25) is 0 Å². The zero-order valence-electron chi connectivity index (χ0n) is 10.6. The number of alkyl halides is 3. The van der Waals surface area contributed by atoms with Crippen LogP contribution in [0.25, 0.3) is 0 Å². The first-order valence-corrected chi connectivity index (χ1v) is 5.91. The summed E-state index contributed by atoms with van der Waals surface area (Å²) in [5.74, 6) is -2.37. The number of rotatable bonds is 4. The second-order valence-electron chi connectivity index (χ2n) is 4.85. The third kappa shape index (κ3) is 3.84. The van der Waals surface area contributed by atoms with Crippen molar-refractivity contribution in [1.82, 2.24) is 4.90 Å². The summed E-state index contributed by atoms with van der Waals surface area (Å²) in [6.07, 6.45) is -3.72. The van der Waals surface area contributed by atoms with E-state index in [9.17, 15) is 13.2 Å². The van der Waals surface area contributed by atoms with Gasteiger partial charge in [-0.05, 0) is 18.9 Å². The zero-order chi connectivity index (χ0) is 13.9. The van der Waals surface area contributed by atoms with Gasteiger partial charge in [-0.3, -0.25) is 10.3 Å². The van der Waals surface area contributed by atoms with Crippen molar-refractivity contribution >= 4 is 5.84 Å². The van der Waals surface area contributed by atoms with Crippen LogP contribution in [0.5, 0.6) is 0 Å². The molecule has 18 heavy (non-hydrogen) atoms. The lowest BCUT2D eigenvalue weighted by Crippen LogP contribution is -2.50. The zero-order valence-corrected chi connectivity index (χ0v) is 10.6. The van der Waals surface area contributed by atoms with Gasteiger partial charge >= 0.3 is 6.18 Å². The molecule has 0 spiro atoms. The maximum Gasteiger partial charge on any atom is 0.399 e. The van der Waals surface area contributed by atoms with Crippen LogP contribution < -0.4 is 5.73 Å². The Hall–Kier alpha value is -0.820. The van der Waals surface area contributed by atoms with E-state index in [-0.39, 0.29) is 12.6 Å². The molecule has 1 fully saturated rings. The molecule has 0 aliphatic carbocycles. The molecule has 0 bridgehead atoms. The standard InChI is InChI=1S/C11H20F3N3O/c1-7-3-4-17(6-9(7)18-2)5-8(10(15)16)11(12,13)14/h7-9H,3-6H2,1-2H3,(H3,15,16). The van der Waals surface area contributed by atoms with Crippen molar-refractivity contribution in [2.75, 3.05) is 26.7 Å². The summed E-state index contributed by atoms with van der Waals surface area (Å²) < 4.78 is 43.4. The highest BCUT2D eigenvalue weighted by molar-refractivity contribution is 5.80. The van der Waals surface area contributed by atoms with Gasteiger partial charge in [0.15, 0.2) is 0 Å². The second-order valence-corrected chi connectivity index (χ2v) is 4.85. The number of piperidine rings is 1. The maximum absolute atomic E-state index is 12.7. The van der Waals surface area contributed by atoms with E-state index < -0.39 is 17.9 Å². The number of halogens is 3. The number of hydrogen-bond donors (Lipinski definition) is 2. The first kappa shape index (κ1) is 15.2. The van der Waals surface area contributed by atoms with Gasteiger partial charge in [0.25, 0.3) is 0 Å². The van der Waals surface area contributed by atoms with Crippen LogP contribution in [-0.4, -0.2) is 49.8 Å². The van der Waals surface area contributed by atoms with E-state index in [2.05, 4.69) is 0 Å². The molecular weight excluding hydrogens is 247 g/mol. The summed E-state index contributed by atoms with van der Waals surface area (Å²) in [5.41, 5.74) is 5.04. The average molecular weight is 267 g/mol. The molecule has 1 saturated heterocycles. The van der Waals surface area contributed by atoms with E-state index in [0.29, 0.717) is 19.0 Å². The van der Waals surface area contributed by atoms with E-state index in [1.54, 1.807) is 12.0 Å². The van der Waals surface area contributed by atoms with Crippen molar-refractivity contribution in [2.45, 2.75) is 25.6 Å². The fourth-order valence-electron chi connectivity index (χ4n) is 2.21. The van der Waals surface area contributed by atoms with Crippen LogP contribution in [0.1, 0.15) is 13.3 Å². The Labute approximate surface area is 105 Å². The molecule has 3 atom stereocenters. The van der Waals surface area contributed by atoms with E-state index in [4.69, 9.17) is 15.9 Å². The van der Waals surface area contributed by atoms with Crippen LogP contribution in [0.4, 0.5) is 13.2 Å². The fraction of sp³-hybridized carbons (Fsp3) is 0.909. The molecular formula is C11H20F3N3O. The van der Waals surface area contributed by atoms with Gasteiger partial charge in [-0.25, -0.2) is 0 Å². The van der Waals surface area contributed by atoms with Crippen LogP contribution in [0.3, 0.4) is 0 Å². The number of likely N-dealkylation sites (tertiary alicyclic amines) is 1. The van der Waals surface area contributed by atoms with E-state index in [0.717, 1.165) is 6.42 Å². The Morgan fingerprint density at radius 2 is 2.17 bits per heavy atom. The number of nitrogens with one attached hydrogen (secondary N) is 1. The molecule has 1 aliphatic rings. The number of methoxy groups -OCH3 is 1. The third-order valence-corrected chi connectivity index (χ3v) is 3.49. The molecule has 0 radical (unpaired) electrons. The first-order chi connectivity index (χ1) is 8.25. The number of amidine groups is 1. The summed E-state index contributed by atoms with van der Waals surface area (Å²) in [6.45, 7) is 2.81. The molecule has 106 valence electrons. The van der Waals surface area contributed by atoms with E-state index in [1.807, 2.05) is 6.92 Å². The SMILES string of the molecule is COC1CN(CC(C(=N)N)C(F)(F)F)CCC1C. The van der Waals surface area contributed by atoms with Gasteiger partial charge in [0.1, 0.15) is 11.8 Å². The van der Waals surface area contributed by atoms with Crippen LogP contribution in [0, 0.1) is 17.2 Å². The fourth-order valence-corrected chi connectivity index (χ4v) is 2.21. The van der Waals surface area contributed by atoms with E-state index >= 15 is 0 Å². The lowest BCUT2D eigenvalue weighted by Gasteiger charge is -2.37. The third-order valence-electron chi connectivity index (χ3n) is 3.49. The summed E-state index contributed by atoms with van der Waals surface area (Å²) in [7, 11) is 1.57. The van der Waals surface area contributed by atoms with Gasteiger partial charge in [-0.1, -0.05) is 6.92 Å². The quantitative estimate of drug-likeness (QED) is 0.599. The molecule has 3 N–H and O–H groups in total. The van der Waals surface area contributed by atoms with Gasteiger partial charge < -0.3 is 10.5 Å². The van der Waals surface area contributed by atoms with Gasteiger partial charge in [0, 0.05) is 20.2 Å². The Kier molecular flexibility index (Phi) is 4.98. The number of nitrogens with zero attached hydrogens (tertiary/aromatic N) is 1. The molecule has 1 rings (SSSR count). The number of nitrogens with two attached hydrogens (primary N) is 1. The minimum atomic E-state index is -4.46. The minimum Gasteiger partial charge on any atom is -0.387 e. The highest BCUT2D eigenvalue weighted by Gasteiger charge is 2.43. The normalized spacial score (nSPS) is 28.1. The lowest BCUT2D eigenvalue weighted by molar-refractivity contribution is -0.162. The monoisotopic (exact) mass is 267 g/mol. The molecule has 0 aromatic heterocycles. The molecule has 0 amide bonds. The maximum atomic E-state index is 12.7. The number of hydrogen-bond acceptors (Lipinski definition) is 3. The Bertz CT molecular complexity index is 296. The van der Waals surface area contributed by atoms with Crippen LogP contribution in [0.15, 0.2) is 0 Å². The predicted molar refractivity (Wildman–Crippen MR) is 62.5 cm³/mol. The molecule has 1 heterocycles. The summed E-state index contributed by atoms with van der Waals surface area (Å²) in [5, 5.41) is 7.06. The van der Waals surface area contributed by atoms with Crippen molar-refractivity contribution in [3.8, 4) is 0 Å². The summed E-state index contributed by atoms with van der Waals surface area (Å²) >= 11 is 0. The lowest BCUT2D eigenvalue weighted by atomic mass is 9.94. The summed E-state index contributed by atoms with van der Waals surface area (Å²) in [6, 6.07) is 0. The molecule has 0 aromatic carbocycles. The highest BCUT2D eigenvalue weighted by atomic mass is 19.4. The highest BCUT2D eigenvalue weighted by Crippen LogP contribution is 2.28.